The highest BCUT2D eigenvalue weighted by Gasteiger charge is 2.02. The molecule has 0 aliphatic heterocycles. The molecule has 0 aromatic heterocycles. The van der Waals surface area contributed by atoms with Crippen molar-refractivity contribution in [1.82, 2.24) is 0 Å². The maximum Gasteiger partial charge on any atom is 0.128 e. The number of halogens is 1. The van der Waals surface area contributed by atoms with Crippen molar-refractivity contribution in [3.05, 3.63) is 72.1 Å². The summed E-state index contributed by atoms with van der Waals surface area (Å²) in [7, 11) is 0. The van der Waals surface area contributed by atoms with Crippen molar-refractivity contribution < 1.29 is 9.13 Å². The van der Waals surface area contributed by atoms with E-state index in [1.807, 2.05) is 30.3 Å². The first-order valence-electron chi connectivity index (χ1n) is 6.52. The Morgan fingerprint density at radius 3 is 2.65 bits per heavy atom. The summed E-state index contributed by atoms with van der Waals surface area (Å²) in [5, 5.41) is 3.24. The molecule has 0 aliphatic carbocycles. The van der Waals surface area contributed by atoms with Gasteiger partial charge in [-0.1, -0.05) is 30.9 Å². The largest absolute Gasteiger partial charge is 0.490 e. The number of nitrogens with one attached hydrogen (secondary N) is 1. The van der Waals surface area contributed by atoms with Gasteiger partial charge in [0.15, 0.2) is 0 Å². The first-order valence-corrected chi connectivity index (χ1v) is 6.52. The molecule has 0 spiro atoms. The van der Waals surface area contributed by atoms with Crippen LogP contribution in [0.1, 0.15) is 11.1 Å². The molecule has 2 rings (SSSR count). The topological polar surface area (TPSA) is 21.3 Å². The molecule has 0 atom stereocenters. The average Bonchev–Trinajstić information content (AvgIpc) is 2.48. The van der Waals surface area contributed by atoms with E-state index in [-0.39, 0.29) is 5.82 Å². The maximum absolute atomic E-state index is 13.4. The van der Waals surface area contributed by atoms with E-state index in [0.717, 1.165) is 17.0 Å². The van der Waals surface area contributed by atoms with E-state index in [2.05, 4.69) is 11.9 Å². The lowest BCUT2D eigenvalue weighted by molar-refractivity contribution is 0.363. The molecule has 2 aromatic rings. The lowest BCUT2D eigenvalue weighted by atomic mass is 10.1. The number of hydrogen-bond donors (Lipinski definition) is 1. The van der Waals surface area contributed by atoms with E-state index < -0.39 is 0 Å². The smallest absolute Gasteiger partial charge is 0.128 e. The Morgan fingerprint density at radius 2 is 1.95 bits per heavy atom. The molecule has 0 unspecified atom stereocenters. The molecule has 2 nitrogen and oxygen atoms in total. The monoisotopic (exact) mass is 271 g/mol. The Balaban J connectivity index is 1.97. The van der Waals surface area contributed by atoms with Gasteiger partial charge in [-0.3, -0.25) is 0 Å². The predicted octanol–water partition coefficient (Wildman–Crippen LogP) is 4.31. The molecule has 104 valence electrons. The molecule has 3 heteroatoms. The zero-order chi connectivity index (χ0) is 14.4. The Bertz CT molecular complexity index is 578. The lowest BCUT2D eigenvalue weighted by Crippen LogP contribution is -2.02. The highest BCUT2D eigenvalue weighted by molar-refractivity contribution is 5.51. The van der Waals surface area contributed by atoms with Crippen molar-refractivity contribution in [1.29, 1.82) is 0 Å². The summed E-state index contributed by atoms with van der Waals surface area (Å²) in [5.41, 5.74) is 2.56. The molecule has 0 heterocycles. The van der Waals surface area contributed by atoms with Gasteiger partial charge in [0, 0.05) is 17.8 Å². The van der Waals surface area contributed by atoms with Gasteiger partial charge in [-0.15, -0.1) is 0 Å². The second-order valence-corrected chi connectivity index (χ2v) is 4.51. The third-order valence-corrected chi connectivity index (χ3v) is 3.04. The quantitative estimate of drug-likeness (QED) is 0.790. The lowest BCUT2D eigenvalue weighted by Gasteiger charge is -2.10. The normalized spacial score (nSPS) is 10.1. The first-order chi connectivity index (χ1) is 9.70. The fraction of sp³-hybridized carbons (Fsp3) is 0.176. The van der Waals surface area contributed by atoms with Crippen molar-refractivity contribution in [3.63, 3.8) is 0 Å². The van der Waals surface area contributed by atoms with E-state index in [4.69, 9.17) is 4.74 Å². The highest BCUT2D eigenvalue weighted by atomic mass is 19.1. The third-order valence-electron chi connectivity index (χ3n) is 3.04. The molecule has 0 saturated carbocycles. The molecule has 0 radical (unpaired) electrons. The summed E-state index contributed by atoms with van der Waals surface area (Å²) in [4.78, 5) is 0. The zero-order valence-electron chi connectivity index (χ0n) is 11.5. The van der Waals surface area contributed by atoms with Crippen LogP contribution in [0.2, 0.25) is 0 Å². The predicted molar refractivity (Wildman–Crippen MR) is 80.6 cm³/mol. The van der Waals surface area contributed by atoms with Crippen LogP contribution in [0.15, 0.2) is 55.1 Å². The Kier molecular flexibility index (Phi) is 4.77. The summed E-state index contributed by atoms with van der Waals surface area (Å²) >= 11 is 0. The number of ether oxygens (including phenoxy) is 1. The van der Waals surface area contributed by atoms with Gasteiger partial charge in [-0.05, 0) is 36.8 Å². The number of benzene rings is 2. The van der Waals surface area contributed by atoms with Crippen molar-refractivity contribution >= 4 is 5.69 Å². The van der Waals surface area contributed by atoms with Gasteiger partial charge in [0.25, 0.3) is 0 Å². The molecule has 20 heavy (non-hydrogen) atoms. The van der Waals surface area contributed by atoms with E-state index in [9.17, 15) is 4.39 Å². The van der Waals surface area contributed by atoms with E-state index in [0.29, 0.717) is 18.7 Å². The third kappa shape index (κ3) is 3.60. The number of hydrogen-bond acceptors (Lipinski definition) is 2. The van der Waals surface area contributed by atoms with Gasteiger partial charge in [0.2, 0.25) is 0 Å². The van der Waals surface area contributed by atoms with Gasteiger partial charge >= 0.3 is 0 Å². The summed E-state index contributed by atoms with van der Waals surface area (Å²) in [5.74, 6) is 0.624. The van der Waals surface area contributed by atoms with Gasteiger partial charge in [-0.2, -0.15) is 0 Å². The standard InChI is InChI=1S/C17H18FNO/c1-3-11-20-15-9-7-14(8-10-15)12-19-17-6-4-5-16(18)13(17)2/h3-10,19H,1,11-12H2,2H3. The molecule has 2 aromatic carbocycles. The van der Waals surface area contributed by atoms with Crippen LogP contribution in [0.3, 0.4) is 0 Å². The minimum absolute atomic E-state index is 0.192. The molecule has 0 bridgehead atoms. The van der Waals surface area contributed by atoms with Gasteiger partial charge in [0.1, 0.15) is 18.2 Å². The van der Waals surface area contributed by atoms with Crippen molar-refractivity contribution in [2.45, 2.75) is 13.5 Å². The van der Waals surface area contributed by atoms with Gasteiger partial charge in [-0.25, -0.2) is 4.39 Å². The van der Waals surface area contributed by atoms with Crippen LogP contribution < -0.4 is 10.1 Å². The van der Waals surface area contributed by atoms with E-state index in [1.54, 1.807) is 19.1 Å². The van der Waals surface area contributed by atoms with E-state index >= 15 is 0 Å². The zero-order valence-corrected chi connectivity index (χ0v) is 11.5. The average molecular weight is 271 g/mol. The van der Waals surface area contributed by atoms with Crippen LogP contribution in [0.4, 0.5) is 10.1 Å². The molecule has 0 saturated heterocycles. The maximum atomic E-state index is 13.4. The van der Waals surface area contributed by atoms with Crippen LogP contribution in [0, 0.1) is 12.7 Å². The highest BCUT2D eigenvalue weighted by Crippen LogP contribution is 2.19. The number of rotatable bonds is 6. The van der Waals surface area contributed by atoms with Crippen LogP contribution in [-0.4, -0.2) is 6.61 Å². The summed E-state index contributed by atoms with van der Waals surface area (Å²) in [6, 6.07) is 12.8. The van der Waals surface area contributed by atoms with Crippen molar-refractivity contribution in [2.75, 3.05) is 11.9 Å². The van der Waals surface area contributed by atoms with Crippen LogP contribution in [-0.2, 0) is 6.54 Å². The molecule has 0 fully saturated rings. The molecular weight excluding hydrogens is 253 g/mol. The fourth-order valence-electron chi connectivity index (χ4n) is 1.85. The number of anilines is 1. The summed E-state index contributed by atoms with van der Waals surface area (Å²) in [6.45, 7) is 6.52. The van der Waals surface area contributed by atoms with Crippen LogP contribution in [0.5, 0.6) is 5.75 Å². The van der Waals surface area contributed by atoms with Crippen molar-refractivity contribution in [2.24, 2.45) is 0 Å². The minimum Gasteiger partial charge on any atom is -0.490 e. The molecule has 1 N–H and O–H groups in total. The van der Waals surface area contributed by atoms with Gasteiger partial charge in [0.05, 0.1) is 0 Å². The van der Waals surface area contributed by atoms with E-state index in [1.165, 1.54) is 6.07 Å². The molecule has 0 amide bonds. The Morgan fingerprint density at radius 1 is 1.20 bits per heavy atom. The van der Waals surface area contributed by atoms with Crippen molar-refractivity contribution in [3.8, 4) is 5.75 Å². The Labute approximate surface area is 118 Å². The SMILES string of the molecule is C=CCOc1ccc(CNc2cccc(F)c2C)cc1. The molecular formula is C17H18FNO. The minimum atomic E-state index is -0.192. The molecule has 0 aliphatic rings. The first kappa shape index (κ1) is 14.1. The fourth-order valence-corrected chi connectivity index (χ4v) is 1.85. The summed E-state index contributed by atoms with van der Waals surface area (Å²) < 4.78 is 18.8. The second kappa shape index (κ2) is 6.75. The van der Waals surface area contributed by atoms with Gasteiger partial charge < -0.3 is 10.1 Å². The summed E-state index contributed by atoms with van der Waals surface area (Å²) in [6.07, 6.45) is 1.71. The Hall–Kier alpha value is -2.29. The van der Waals surface area contributed by atoms with Crippen LogP contribution >= 0.6 is 0 Å². The second-order valence-electron chi connectivity index (χ2n) is 4.51. The van der Waals surface area contributed by atoms with Crippen LogP contribution in [0.25, 0.3) is 0 Å².